The van der Waals surface area contributed by atoms with Crippen molar-refractivity contribution in [1.82, 2.24) is 5.32 Å². The highest BCUT2D eigenvalue weighted by Gasteiger charge is 2.37. The van der Waals surface area contributed by atoms with Crippen molar-refractivity contribution in [1.29, 1.82) is 0 Å². The van der Waals surface area contributed by atoms with Crippen LogP contribution in [0.2, 0.25) is 10.0 Å². The Balaban J connectivity index is 2.01. The van der Waals surface area contributed by atoms with Crippen LogP contribution < -0.4 is 15.0 Å². The van der Waals surface area contributed by atoms with Gasteiger partial charge in [0.05, 0.1) is 17.3 Å². The fraction of sp³-hybridized carbons (Fsp3) is 0.150. The fourth-order valence-electron chi connectivity index (χ4n) is 2.76. The van der Waals surface area contributed by atoms with Crippen LogP contribution in [-0.4, -0.2) is 24.5 Å². The van der Waals surface area contributed by atoms with Crippen molar-refractivity contribution in [3.8, 4) is 5.75 Å². The highest BCUT2D eigenvalue weighted by molar-refractivity contribution is 6.40. The second-order valence-corrected chi connectivity index (χ2v) is 6.78. The number of nitrogens with one attached hydrogen (secondary N) is 1. The normalized spacial score (nSPS) is 15.8. The quantitative estimate of drug-likeness (QED) is 0.590. The van der Waals surface area contributed by atoms with Crippen molar-refractivity contribution in [2.45, 2.75) is 13.8 Å². The van der Waals surface area contributed by atoms with E-state index in [2.05, 4.69) is 5.32 Å². The number of rotatable bonds is 4. The Bertz CT molecular complexity index is 1020. The molecule has 1 N–H and O–H groups in total. The smallest absolute Gasteiger partial charge is 0.335 e. The highest BCUT2D eigenvalue weighted by Crippen LogP contribution is 2.30. The van der Waals surface area contributed by atoms with Gasteiger partial charge in [0.25, 0.3) is 11.8 Å². The number of barbiturate groups is 1. The lowest BCUT2D eigenvalue weighted by molar-refractivity contribution is -0.122. The van der Waals surface area contributed by atoms with E-state index in [9.17, 15) is 14.4 Å². The minimum Gasteiger partial charge on any atom is -0.492 e. The lowest BCUT2D eigenvalue weighted by Crippen LogP contribution is -2.54. The highest BCUT2D eigenvalue weighted by atomic mass is 35.5. The average molecular weight is 419 g/mol. The third-order valence-electron chi connectivity index (χ3n) is 4.15. The second kappa shape index (κ2) is 8.04. The maximum absolute atomic E-state index is 12.9. The number of imide groups is 2. The van der Waals surface area contributed by atoms with Crippen LogP contribution in [0.3, 0.4) is 0 Å². The van der Waals surface area contributed by atoms with E-state index in [4.69, 9.17) is 27.9 Å². The van der Waals surface area contributed by atoms with Crippen molar-refractivity contribution in [3.05, 3.63) is 63.1 Å². The summed E-state index contributed by atoms with van der Waals surface area (Å²) in [7, 11) is 0. The Labute approximate surface area is 171 Å². The summed E-state index contributed by atoms with van der Waals surface area (Å²) in [4.78, 5) is 38.4. The molecule has 0 aromatic heterocycles. The lowest BCUT2D eigenvalue weighted by Gasteiger charge is -2.27. The van der Waals surface area contributed by atoms with Gasteiger partial charge in [0.2, 0.25) is 0 Å². The molecule has 0 radical (unpaired) electrons. The third-order valence-corrected chi connectivity index (χ3v) is 4.85. The number of ether oxygens (including phenoxy) is 1. The van der Waals surface area contributed by atoms with Gasteiger partial charge in [0.15, 0.2) is 0 Å². The zero-order chi connectivity index (χ0) is 20.4. The number of amides is 4. The summed E-state index contributed by atoms with van der Waals surface area (Å²) in [6, 6.07) is 8.91. The molecule has 6 nitrogen and oxygen atoms in total. The molecule has 8 heteroatoms. The van der Waals surface area contributed by atoms with Gasteiger partial charge in [-0.25, -0.2) is 9.69 Å². The van der Waals surface area contributed by atoms with Gasteiger partial charge >= 0.3 is 6.03 Å². The molecule has 4 amide bonds. The molecular formula is C20H16Cl2N2O4. The molecule has 0 spiro atoms. The molecule has 28 heavy (non-hydrogen) atoms. The molecule has 0 aliphatic carbocycles. The van der Waals surface area contributed by atoms with Crippen LogP contribution in [0.25, 0.3) is 6.08 Å². The number of hydrogen-bond acceptors (Lipinski definition) is 4. The molecule has 1 aliphatic rings. The Hall–Kier alpha value is -2.83. The molecule has 1 heterocycles. The topological polar surface area (TPSA) is 75.7 Å². The van der Waals surface area contributed by atoms with Crippen molar-refractivity contribution < 1.29 is 19.1 Å². The molecule has 1 saturated heterocycles. The molecule has 0 atom stereocenters. The predicted molar refractivity (Wildman–Crippen MR) is 108 cm³/mol. The molecule has 1 fully saturated rings. The number of nitrogens with zero attached hydrogens (tertiary/aromatic N) is 1. The van der Waals surface area contributed by atoms with E-state index in [1.54, 1.807) is 43.3 Å². The maximum Gasteiger partial charge on any atom is 0.335 e. The van der Waals surface area contributed by atoms with Gasteiger partial charge in [0.1, 0.15) is 11.3 Å². The van der Waals surface area contributed by atoms with Crippen molar-refractivity contribution >= 4 is 52.8 Å². The second-order valence-electron chi connectivity index (χ2n) is 5.96. The molecule has 2 aromatic carbocycles. The number of carbonyl (C=O) groups excluding carboxylic acids is 3. The SMILES string of the molecule is CCOc1ccc(/C=C2\C(=O)NC(=O)N(c3cccc(Cl)c3C)C2=O)cc1Cl. The van der Waals surface area contributed by atoms with E-state index in [0.717, 1.165) is 4.90 Å². The van der Waals surface area contributed by atoms with Crippen molar-refractivity contribution in [3.63, 3.8) is 0 Å². The van der Waals surface area contributed by atoms with Gasteiger partial charge < -0.3 is 4.74 Å². The van der Waals surface area contributed by atoms with Gasteiger partial charge in [-0.15, -0.1) is 0 Å². The Morgan fingerprint density at radius 2 is 1.86 bits per heavy atom. The first-order chi connectivity index (χ1) is 13.3. The van der Waals surface area contributed by atoms with E-state index >= 15 is 0 Å². The van der Waals surface area contributed by atoms with Crippen LogP contribution in [0.4, 0.5) is 10.5 Å². The molecule has 0 unspecified atom stereocenters. The first-order valence-corrected chi connectivity index (χ1v) is 9.18. The Morgan fingerprint density at radius 3 is 2.54 bits per heavy atom. The molecule has 3 rings (SSSR count). The zero-order valence-corrected chi connectivity index (χ0v) is 16.6. The molecule has 0 saturated carbocycles. The Morgan fingerprint density at radius 1 is 1.11 bits per heavy atom. The fourth-order valence-corrected chi connectivity index (χ4v) is 3.17. The van der Waals surface area contributed by atoms with E-state index in [1.807, 2.05) is 6.92 Å². The van der Waals surface area contributed by atoms with Gasteiger partial charge in [-0.1, -0.05) is 35.3 Å². The third kappa shape index (κ3) is 3.74. The molecular weight excluding hydrogens is 403 g/mol. The number of urea groups is 1. The zero-order valence-electron chi connectivity index (χ0n) is 15.1. The summed E-state index contributed by atoms with van der Waals surface area (Å²) in [6.45, 7) is 3.97. The van der Waals surface area contributed by atoms with E-state index in [1.165, 1.54) is 6.08 Å². The molecule has 0 bridgehead atoms. The first kappa shape index (κ1) is 19.9. The lowest BCUT2D eigenvalue weighted by atomic mass is 10.1. The summed E-state index contributed by atoms with van der Waals surface area (Å²) >= 11 is 12.3. The van der Waals surface area contributed by atoms with Crippen LogP contribution in [0, 0.1) is 6.92 Å². The van der Waals surface area contributed by atoms with Crippen LogP contribution in [-0.2, 0) is 9.59 Å². The predicted octanol–water partition coefficient (Wildman–Crippen LogP) is 4.37. The van der Waals surface area contributed by atoms with E-state index < -0.39 is 17.8 Å². The number of anilines is 1. The summed E-state index contributed by atoms with van der Waals surface area (Å²) in [6.07, 6.45) is 1.37. The van der Waals surface area contributed by atoms with Crippen LogP contribution in [0.15, 0.2) is 42.0 Å². The van der Waals surface area contributed by atoms with Crippen molar-refractivity contribution in [2.24, 2.45) is 0 Å². The van der Waals surface area contributed by atoms with Gasteiger partial charge in [-0.3, -0.25) is 14.9 Å². The number of halogens is 2. The Kier molecular flexibility index (Phi) is 5.72. The van der Waals surface area contributed by atoms with Gasteiger partial charge in [0, 0.05) is 5.02 Å². The van der Waals surface area contributed by atoms with Crippen LogP contribution in [0.1, 0.15) is 18.1 Å². The maximum atomic E-state index is 12.9. The monoisotopic (exact) mass is 418 g/mol. The van der Waals surface area contributed by atoms with Gasteiger partial charge in [-0.05, 0) is 55.3 Å². The molecule has 2 aromatic rings. The molecule has 1 aliphatic heterocycles. The number of hydrogen-bond donors (Lipinski definition) is 1. The summed E-state index contributed by atoms with van der Waals surface area (Å²) < 4.78 is 5.37. The largest absolute Gasteiger partial charge is 0.492 e. The summed E-state index contributed by atoms with van der Waals surface area (Å²) in [5.41, 5.74) is 1.17. The van der Waals surface area contributed by atoms with Crippen LogP contribution >= 0.6 is 23.2 Å². The van der Waals surface area contributed by atoms with Crippen molar-refractivity contribution in [2.75, 3.05) is 11.5 Å². The van der Waals surface area contributed by atoms with Gasteiger partial charge in [-0.2, -0.15) is 0 Å². The first-order valence-electron chi connectivity index (χ1n) is 8.42. The standard InChI is InChI=1S/C20H16Cl2N2O4/c1-3-28-17-8-7-12(10-15(17)22)9-13-18(25)23-20(27)24(19(13)26)16-6-4-5-14(21)11(16)2/h4-10H,3H2,1-2H3,(H,23,25,27)/b13-9+. The van der Waals surface area contributed by atoms with Crippen LogP contribution in [0.5, 0.6) is 5.75 Å². The van der Waals surface area contributed by atoms with E-state index in [-0.39, 0.29) is 5.57 Å². The number of carbonyl (C=O) groups is 3. The molecule has 144 valence electrons. The summed E-state index contributed by atoms with van der Waals surface area (Å²) in [5, 5.41) is 2.93. The van der Waals surface area contributed by atoms with E-state index in [0.29, 0.717) is 39.2 Å². The summed E-state index contributed by atoms with van der Waals surface area (Å²) in [5.74, 6) is -1.03. The minimum atomic E-state index is -0.831. The average Bonchev–Trinajstić information content (AvgIpc) is 2.64. The number of benzene rings is 2. The minimum absolute atomic E-state index is 0.195.